The van der Waals surface area contributed by atoms with Gasteiger partial charge in [0.15, 0.2) is 0 Å². The summed E-state index contributed by atoms with van der Waals surface area (Å²) in [5.74, 6) is -0.292. The fourth-order valence-corrected chi connectivity index (χ4v) is 4.86. The van der Waals surface area contributed by atoms with Gasteiger partial charge in [0.05, 0.1) is 25.3 Å². The molecule has 31 heavy (non-hydrogen) atoms. The van der Waals surface area contributed by atoms with Gasteiger partial charge in [-0.25, -0.2) is 13.4 Å². The van der Waals surface area contributed by atoms with Crippen LogP contribution in [0.1, 0.15) is 21.5 Å². The van der Waals surface area contributed by atoms with E-state index in [1.54, 1.807) is 36.8 Å². The van der Waals surface area contributed by atoms with Gasteiger partial charge in [0.25, 0.3) is 5.91 Å². The van der Waals surface area contributed by atoms with Crippen LogP contribution in [0.3, 0.4) is 0 Å². The lowest BCUT2D eigenvalue weighted by Gasteiger charge is -2.26. The maximum absolute atomic E-state index is 12.5. The minimum absolute atomic E-state index is 0.0852. The predicted molar refractivity (Wildman–Crippen MR) is 116 cm³/mol. The molecule has 0 saturated carbocycles. The van der Waals surface area contributed by atoms with E-state index in [1.165, 1.54) is 4.31 Å². The first-order valence-electron chi connectivity index (χ1n) is 10.0. The second-order valence-electron chi connectivity index (χ2n) is 7.28. The molecule has 1 N–H and O–H groups in total. The van der Waals surface area contributed by atoms with Crippen molar-refractivity contribution < 1.29 is 17.9 Å². The minimum atomic E-state index is -3.39. The monoisotopic (exact) mass is 440 g/mol. The molecule has 1 saturated heterocycles. The number of rotatable bonds is 7. The number of ether oxygens (including phenoxy) is 1. The van der Waals surface area contributed by atoms with Crippen LogP contribution in [0.5, 0.6) is 0 Å². The van der Waals surface area contributed by atoms with Crippen molar-refractivity contribution in [1.29, 1.82) is 0 Å². The molecule has 1 aliphatic rings. The number of amides is 1. The average Bonchev–Trinajstić information content (AvgIpc) is 3.34. The maximum atomic E-state index is 12.5. The molecule has 1 fully saturated rings. The van der Waals surface area contributed by atoms with Crippen molar-refractivity contribution in [1.82, 2.24) is 19.2 Å². The highest BCUT2D eigenvalue weighted by molar-refractivity contribution is 7.88. The molecule has 0 unspecified atom stereocenters. The zero-order valence-corrected chi connectivity index (χ0v) is 17.8. The molecule has 4 rings (SSSR count). The van der Waals surface area contributed by atoms with Gasteiger partial charge in [-0.3, -0.25) is 4.79 Å². The van der Waals surface area contributed by atoms with Crippen molar-refractivity contribution in [3.05, 3.63) is 83.9 Å². The second-order valence-corrected chi connectivity index (χ2v) is 9.25. The molecule has 9 heteroatoms. The minimum Gasteiger partial charge on any atom is -0.379 e. The van der Waals surface area contributed by atoms with E-state index in [4.69, 9.17) is 4.74 Å². The van der Waals surface area contributed by atoms with Gasteiger partial charge in [-0.1, -0.05) is 24.3 Å². The number of sulfonamides is 1. The number of benzene rings is 2. The molecule has 0 bridgehead atoms. The van der Waals surface area contributed by atoms with Crippen LogP contribution in [0.4, 0.5) is 0 Å². The number of hydrogen-bond acceptors (Lipinski definition) is 5. The summed E-state index contributed by atoms with van der Waals surface area (Å²) in [6.45, 7) is 2.00. The largest absolute Gasteiger partial charge is 0.379 e. The number of carbonyl (C=O) groups is 1. The average molecular weight is 441 g/mol. The molecular weight excluding hydrogens is 416 g/mol. The van der Waals surface area contributed by atoms with E-state index in [0.29, 0.717) is 44.0 Å². The lowest BCUT2D eigenvalue weighted by atomic mass is 10.1. The molecule has 1 aliphatic heterocycles. The summed E-state index contributed by atoms with van der Waals surface area (Å²) in [5, 5.41) is 2.89. The Morgan fingerprint density at radius 3 is 2.32 bits per heavy atom. The van der Waals surface area contributed by atoms with Crippen LogP contribution in [0, 0.1) is 0 Å². The van der Waals surface area contributed by atoms with Crippen LogP contribution in [0.2, 0.25) is 0 Å². The third-order valence-electron chi connectivity index (χ3n) is 5.12. The van der Waals surface area contributed by atoms with Crippen LogP contribution in [-0.2, 0) is 27.1 Å². The van der Waals surface area contributed by atoms with Gasteiger partial charge in [-0.15, -0.1) is 0 Å². The molecule has 1 aromatic heterocycles. The number of morpholine rings is 1. The Bertz CT molecular complexity index is 1110. The zero-order chi connectivity index (χ0) is 21.7. The van der Waals surface area contributed by atoms with Crippen molar-refractivity contribution >= 4 is 15.9 Å². The summed E-state index contributed by atoms with van der Waals surface area (Å²) in [4.78, 5) is 16.5. The van der Waals surface area contributed by atoms with Gasteiger partial charge < -0.3 is 14.6 Å². The van der Waals surface area contributed by atoms with E-state index in [-0.39, 0.29) is 11.7 Å². The highest BCUT2D eigenvalue weighted by Crippen LogP contribution is 2.14. The smallest absolute Gasteiger partial charge is 0.251 e. The van der Waals surface area contributed by atoms with Crippen molar-refractivity contribution in [2.24, 2.45) is 0 Å². The molecule has 2 heterocycles. The van der Waals surface area contributed by atoms with E-state index >= 15 is 0 Å². The molecule has 1 amide bonds. The Labute approximate surface area is 181 Å². The van der Waals surface area contributed by atoms with Crippen LogP contribution < -0.4 is 5.32 Å². The highest BCUT2D eigenvalue weighted by atomic mass is 32.2. The van der Waals surface area contributed by atoms with Gasteiger partial charge >= 0.3 is 0 Å². The molecule has 162 valence electrons. The van der Waals surface area contributed by atoms with Crippen molar-refractivity contribution in [2.45, 2.75) is 12.3 Å². The number of nitrogens with one attached hydrogen (secondary N) is 1. The number of aromatic nitrogens is 2. The van der Waals surface area contributed by atoms with E-state index in [0.717, 1.165) is 11.3 Å². The first-order chi connectivity index (χ1) is 15.0. The maximum Gasteiger partial charge on any atom is 0.251 e. The summed E-state index contributed by atoms with van der Waals surface area (Å²) in [5.41, 5.74) is 3.11. The third-order valence-corrected chi connectivity index (χ3v) is 6.97. The van der Waals surface area contributed by atoms with E-state index in [1.807, 2.05) is 35.0 Å². The SMILES string of the molecule is O=C(NCc1ccc(-n2ccnc2)cc1)c1ccc(CS(=O)(=O)N2CCOCC2)cc1. The van der Waals surface area contributed by atoms with Crippen LogP contribution in [-0.4, -0.2) is 54.5 Å². The quantitative estimate of drug-likeness (QED) is 0.606. The summed E-state index contributed by atoms with van der Waals surface area (Å²) < 4.78 is 33.6. The van der Waals surface area contributed by atoms with Crippen molar-refractivity contribution in [2.75, 3.05) is 26.3 Å². The van der Waals surface area contributed by atoms with E-state index < -0.39 is 10.0 Å². The topological polar surface area (TPSA) is 93.5 Å². The summed E-state index contributed by atoms with van der Waals surface area (Å²) in [6, 6.07) is 14.5. The van der Waals surface area contributed by atoms with Crippen LogP contribution in [0.25, 0.3) is 5.69 Å². The Balaban J connectivity index is 1.32. The number of imidazole rings is 1. The van der Waals surface area contributed by atoms with Crippen molar-refractivity contribution in [3.8, 4) is 5.69 Å². The lowest BCUT2D eigenvalue weighted by Crippen LogP contribution is -2.41. The van der Waals surface area contributed by atoms with E-state index in [9.17, 15) is 13.2 Å². The fraction of sp³-hybridized carbons (Fsp3) is 0.273. The molecule has 0 spiro atoms. The Hall–Kier alpha value is -3.01. The number of hydrogen-bond donors (Lipinski definition) is 1. The molecule has 0 radical (unpaired) electrons. The molecule has 0 atom stereocenters. The Morgan fingerprint density at radius 1 is 1.00 bits per heavy atom. The number of nitrogens with zero attached hydrogens (tertiary/aromatic N) is 3. The molecular formula is C22H24N4O4S. The second kappa shape index (κ2) is 9.42. The first kappa shape index (κ1) is 21.2. The standard InChI is InChI=1S/C22H24N4O4S/c27-22(24-15-18-3-7-21(8-4-18)25-10-9-23-17-25)20-5-1-19(2-6-20)16-31(28,29)26-11-13-30-14-12-26/h1-10,17H,11-16H2,(H,24,27). The predicted octanol–water partition coefficient (Wildman–Crippen LogP) is 1.96. The van der Waals surface area contributed by atoms with Gasteiger partial charge in [0.1, 0.15) is 0 Å². The summed E-state index contributed by atoms with van der Waals surface area (Å²) >= 11 is 0. The third kappa shape index (κ3) is 5.38. The van der Waals surface area contributed by atoms with Crippen LogP contribution >= 0.6 is 0 Å². The van der Waals surface area contributed by atoms with Gasteiger partial charge in [-0.2, -0.15) is 4.31 Å². The molecule has 2 aromatic carbocycles. The van der Waals surface area contributed by atoms with Gasteiger partial charge in [0.2, 0.25) is 10.0 Å². The van der Waals surface area contributed by atoms with E-state index in [2.05, 4.69) is 10.3 Å². The molecule has 0 aliphatic carbocycles. The molecule has 3 aromatic rings. The Kier molecular flexibility index (Phi) is 6.45. The van der Waals surface area contributed by atoms with Crippen molar-refractivity contribution in [3.63, 3.8) is 0 Å². The fourth-order valence-electron chi connectivity index (χ4n) is 3.36. The lowest BCUT2D eigenvalue weighted by molar-refractivity contribution is 0.0729. The molecule has 8 nitrogen and oxygen atoms in total. The Morgan fingerprint density at radius 2 is 1.68 bits per heavy atom. The normalized spacial score (nSPS) is 15.0. The van der Waals surface area contributed by atoms with Gasteiger partial charge in [0, 0.05) is 43.3 Å². The summed E-state index contributed by atoms with van der Waals surface area (Å²) in [7, 11) is -3.39. The van der Waals surface area contributed by atoms with Gasteiger partial charge in [-0.05, 0) is 35.4 Å². The zero-order valence-electron chi connectivity index (χ0n) is 17.0. The first-order valence-corrected chi connectivity index (χ1v) is 11.6. The summed E-state index contributed by atoms with van der Waals surface area (Å²) in [6.07, 6.45) is 5.32. The van der Waals surface area contributed by atoms with Crippen LogP contribution in [0.15, 0.2) is 67.3 Å². The number of carbonyl (C=O) groups excluding carboxylic acids is 1. The highest BCUT2D eigenvalue weighted by Gasteiger charge is 2.24.